The van der Waals surface area contributed by atoms with Gasteiger partial charge in [0.15, 0.2) is 5.13 Å². The van der Waals surface area contributed by atoms with E-state index in [0.717, 1.165) is 26.8 Å². The third-order valence-corrected chi connectivity index (χ3v) is 5.18. The van der Waals surface area contributed by atoms with Crippen molar-refractivity contribution in [3.05, 3.63) is 66.7 Å². The first kappa shape index (κ1) is 18.1. The average molecular weight is 413 g/mol. The number of hydrogen-bond acceptors (Lipinski definition) is 9. The fourth-order valence-corrected chi connectivity index (χ4v) is 3.77. The number of anilines is 2. The highest BCUT2D eigenvalue weighted by molar-refractivity contribution is 7.21. The van der Waals surface area contributed by atoms with Gasteiger partial charge >= 0.3 is 0 Å². The van der Waals surface area contributed by atoms with E-state index >= 15 is 0 Å². The van der Waals surface area contributed by atoms with Crippen LogP contribution in [0.1, 0.15) is 5.56 Å². The van der Waals surface area contributed by atoms with E-state index in [4.69, 9.17) is 4.74 Å². The summed E-state index contributed by atoms with van der Waals surface area (Å²) in [5.41, 5.74) is 2.42. The Hall–Kier alpha value is -3.98. The Bertz CT molecular complexity index is 1350. The largest absolute Gasteiger partial charge is 0.438 e. The maximum Gasteiger partial charge on any atom is 0.228 e. The Labute approximate surface area is 175 Å². The number of ether oxygens (including phenoxy) is 1. The molecule has 0 fully saturated rings. The van der Waals surface area contributed by atoms with E-state index in [-0.39, 0.29) is 0 Å². The minimum atomic E-state index is 0.478. The first-order valence-corrected chi connectivity index (χ1v) is 9.90. The Morgan fingerprint density at radius 1 is 1.00 bits per heavy atom. The zero-order valence-electron chi connectivity index (χ0n) is 15.9. The fraction of sp³-hybridized carbons (Fsp3) is 0.0476. The van der Waals surface area contributed by atoms with Gasteiger partial charge < -0.3 is 10.1 Å². The molecule has 0 amide bonds. The van der Waals surface area contributed by atoms with Crippen LogP contribution in [0.4, 0.5) is 10.9 Å². The fourth-order valence-electron chi connectivity index (χ4n) is 2.96. The van der Waals surface area contributed by atoms with Gasteiger partial charge in [-0.15, -0.1) is 0 Å². The molecule has 0 aliphatic carbocycles. The Kier molecular flexibility index (Phi) is 4.70. The maximum absolute atomic E-state index is 6.01. The van der Waals surface area contributed by atoms with Crippen LogP contribution in [0, 0.1) is 0 Å². The van der Waals surface area contributed by atoms with Crippen molar-refractivity contribution < 1.29 is 4.74 Å². The quantitative estimate of drug-likeness (QED) is 0.420. The summed E-state index contributed by atoms with van der Waals surface area (Å²) in [6.07, 6.45) is 6.66. The van der Waals surface area contributed by atoms with E-state index < -0.39 is 0 Å². The van der Waals surface area contributed by atoms with Gasteiger partial charge in [0, 0.05) is 31.0 Å². The van der Waals surface area contributed by atoms with Gasteiger partial charge in [0.25, 0.3) is 0 Å². The van der Waals surface area contributed by atoms with E-state index in [2.05, 4.69) is 35.2 Å². The van der Waals surface area contributed by atoms with E-state index in [9.17, 15) is 0 Å². The highest BCUT2D eigenvalue weighted by atomic mass is 32.1. The number of thiazole rings is 1. The lowest BCUT2D eigenvalue weighted by molar-refractivity contribution is 0.463. The molecule has 4 heterocycles. The number of nitrogens with one attached hydrogen (secondary N) is 1. The zero-order chi connectivity index (χ0) is 20.3. The predicted molar refractivity (Wildman–Crippen MR) is 118 cm³/mol. The first-order chi connectivity index (χ1) is 14.8. The molecule has 30 heavy (non-hydrogen) atoms. The van der Waals surface area contributed by atoms with Crippen molar-refractivity contribution >= 4 is 49.8 Å². The van der Waals surface area contributed by atoms with Gasteiger partial charge in [-0.2, -0.15) is 0 Å². The number of benzene rings is 1. The molecule has 0 bridgehead atoms. The number of aliphatic imine (C=N–C) groups is 1. The van der Waals surface area contributed by atoms with Crippen LogP contribution >= 0.6 is 11.3 Å². The lowest BCUT2D eigenvalue weighted by Crippen LogP contribution is -1.97. The second-order valence-electron chi connectivity index (χ2n) is 6.26. The number of aromatic nitrogens is 5. The highest BCUT2D eigenvalue weighted by Gasteiger charge is 2.11. The second-order valence-corrected chi connectivity index (χ2v) is 7.24. The Morgan fingerprint density at radius 2 is 1.90 bits per heavy atom. The molecule has 0 aliphatic rings. The van der Waals surface area contributed by atoms with Crippen molar-refractivity contribution in [1.82, 2.24) is 24.9 Å². The summed E-state index contributed by atoms with van der Waals surface area (Å²) >= 11 is 1.47. The molecule has 9 heteroatoms. The van der Waals surface area contributed by atoms with Crippen molar-refractivity contribution in [3.8, 4) is 11.6 Å². The summed E-state index contributed by atoms with van der Waals surface area (Å²) in [6.45, 7) is 0. The molecule has 0 saturated heterocycles. The smallest absolute Gasteiger partial charge is 0.228 e. The lowest BCUT2D eigenvalue weighted by Gasteiger charge is -2.10. The molecule has 0 spiro atoms. The highest BCUT2D eigenvalue weighted by Crippen LogP contribution is 2.31. The number of rotatable bonds is 5. The van der Waals surface area contributed by atoms with Gasteiger partial charge in [-0.3, -0.25) is 4.99 Å². The van der Waals surface area contributed by atoms with Crippen LogP contribution in [0.3, 0.4) is 0 Å². The standard InChI is InChI=1S/C21H15N7OS/c1-22-11-13-4-2-8-23-19(13)29-14-6-7-16-15(10-14)18(26-12-25-16)28-21-27-17-5-3-9-24-20(17)30-21/h2-12H,1H3,(H,25,26,27,28). The molecule has 0 radical (unpaired) electrons. The first-order valence-electron chi connectivity index (χ1n) is 9.08. The van der Waals surface area contributed by atoms with Crippen LogP contribution < -0.4 is 10.1 Å². The average Bonchev–Trinajstić information content (AvgIpc) is 3.18. The maximum atomic E-state index is 6.01. The van der Waals surface area contributed by atoms with Crippen LogP contribution in [0.2, 0.25) is 0 Å². The van der Waals surface area contributed by atoms with E-state index in [1.807, 2.05) is 42.5 Å². The minimum Gasteiger partial charge on any atom is -0.438 e. The van der Waals surface area contributed by atoms with Crippen molar-refractivity contribution in [2.45, 2.75) is 0 Å². The topological polar surface area (TPSA) is 98.1 Å². The molecule has 1 N–H and O–H groups in total. The monoisotopic (exact) mass is 413 g/mol. The summed E-state index contributed by atoms with van der Waals surface area (Å²) in [7, 11) is 1.71. The van der Waals surface area contributed by atoms with Gasteiger partial charge in [0.05, 0.1) is 11.1 Å². The second kappa shape index (κ2) is 7.80. The molecule has 5 aromatic rings. The van der Waals surface area contributed by atoms with Crippen LogP contribution in [0.15, 0.2) is 66.2 Å². The van der Waals surface area contributed by atoms with Gasteiger partial charge in [0.1, 0.15) is 28.2 Å². The molecular formula is C21H15N7OS. The number of fused-ring (bicyclic) bond motifs is 2. The van der Waals surface area contributed by atoms with Gasteiger partial charge in [-0.25, -0.2) is 24.9 Å². The van der Waals surface area contributed by atoms with Crippen LogP contribution in [0.5, 0.6) is 11.6 Å². The third kappa shape index (κ3) is 3.53. The number of hydrogen-bond donors (Lipinski definition) is 1. The van der Waals surface area contributed by atoms with Crippen molar-refractivity contribution in [2.24, 2.45) is 4.99 Å². The van der Waals surface area contributed by atoms with Crippen LogP contribution in [-0.2, 0) is 0 Å². The van der Waals surface area contributed by atoms with Crippen molar-refractivity contribution in [2.75, 3.05) is 12.4 Å². The molecule has 8 nitrogen and oxygen atoms in total. The summed E-state index contributed by atoms with van der Waals surface area (Å²) in [5.74, 6) is 1.74. The van der Waals surface area contributed by atoms with Crippen LogP contribution in [-0.4, -0.2) is 38.2 Å². The third-order valence-electron chi connectivity index (χ3n) is 4.28. The Balaban J connectivity index is 1.51. The number of nitrogens with zero attached hydrogens (tertiary/aromatic N) is 6. The molecule has 0 atom stereocenters. The minimum absolute atomic E-state index is 0.478. The van der Waals surface area contributed by atoms with Gasteiger partial charge in [0.2, 0.25) is 5.88 Å². The Morgan fingerprint density at radius 3 is 2.80 bits per heavy atom. The van der Waals surface area contributed by atoms with E-state index in [0.29, 0.717) is 22.6 Å². The molecule has 4 aromatic heterocycles. The van der Waals surface area contributed by atoms with E-state index in [1.54, 1.807) is 25.7 Å². The number of pyridine rings is 2. The normalized spacial score (nSPS) is 11.4. The van der Waals surface area contributed by atoms with Gasteiger partial charge in [-0.05, 0) is 42.5 Å². The van der Waals surface area contributed by atoms with Crippen LogP contribution in [0.25, 0.3) is 21.3 Å². The summed E-state index contributed by atoms with van der Waals surface area (Å²) in [5, 5.41) is 4.80. The van der Waals surface area contributed by atoms with Crippen molar-refractivity contribution in [3.63, 3.8) is 0 Å². The summed E-state index contributed by atoms with van der Waals surface area (Å²) in [6, 6.07) is 13.1. The molecule has 146 valence electrons. The zero-order valence-corrected chi connectivity index (χ0v) is 16.7. The van der Waals surface area contributed by atoms with E-state index in [1.165, 1.54) is 17.7 Å². The summed E-state index contributed by atoms with van der Waals surface area (Å²) in [4.78, 5) is 26.9. The lowest BCUT2D eigenvalue weighted by atomic mass is 10.2. The van der Waals surface area contributed by atoms with Crippen molar-refractivity contribution in [1.29, 1.82) is 0 Å². The molecule has 0 aliphatic heterocycles. The molecule has 5 rings (SSSR count). The molecular weight excluding hydrogens is 398 g/mol. The summed E-state index contributed by atoms with van der Waals surface area (Å²) < 4.78 is 6.01. The predicted octanol–water partition coefficient (Wildman–Crippen LogP) is 4.61. The SMILES string of the molecule is CN=Cc1cccnc1Oc1ccc2ncnc(Nc3nc4cccnc4s3)c2c1. The molecule has 0 unspecified atom stereocenters. The molecule has 0 saturated carbocycles. The van der Waals surface area contributed by atoms with Gasteiger partial charge in [-0.1, -0.05) is 11.3 Å². The molecule has 1 aromatic carbocycles.